The normalized spacial score (nSPS) is 10.7. The van der Waals surface area contributed by atoms with Crippen LogP contribution in [0.3, 0.4) is 0 Å². The van der Waals surface area contributed by atoms with Gasteiger partial charge in [-0.3, -0.25) is 9.97 Å². The van der Waals surface area contributed by atoms with Crippen LogP contribution in [0.4, 0.5) is 0 Å². The van der Waals surface area contributed by atoms with Crippen molar-refractivity contribution >= 4 is 11.6 Å². The summed E-state index contributed by atoms with van der Waals surface area (Å²) >= 11 is 6.29. The molecule has 0 atom stereocenters. The van der Waals surface area contributed by atoms with Gasteiger partial charge in [0.1, 0.15) is 0 Å². The molecule has 1 aromatic carbocycles. The summed E-state index contributed by atoms with van der Waals surface area (Å²) in [6.45, 7) is 0. The quantitative estimate of drug-likeness (QED) is 0.657. The average molecular weight is 323 g/mol. The van der Waals surface area contributed by atoms with E-state index in [1.54, 1.807) is 12.4 Å². The maximum Gasteiger partial charge on any atom is 0.0411 e. The standard InChI is InChI=1S/C20H19ClN2/c21-20-12-18(7-5-16-3-1-9-22-14-16)11-19(13-20)8-6-17-4-2-10-23-15-17/h1-4,9-15H,5-8H2. The number of hydrogen-bond donors (Lipinski definition) is 0. The molecule has 0 aliphatic heterocycles. The van der Waals surface area contributed by atoms with E-state index in [9.17, 15) is 0 Å². The number of aryl methyl sites for hydroxylation is 4. The van der Waals surface area contributed by atoms with Crippen molar-refractivity contribution in [1.29, 1.82) is 0 Å². The molecule has 116 valence electrons. The van der Waals surface area contributed by atoms with Gasteiger partial charge >= 0.3 is 0 Å². The lowest BCUT2D eigenvalue weighted by atomic mass is 10.00. The van der Waals surface area contributed by atoms with Gasteiger partial charge in [0.05, 0.1) is 0 Å². The Balaban J connectivity index is 1.64. The SMILES string of the molecule is Clc1cc(CCc2cccnc2)cc(CCc2cccnc2)c1. The highest BCUT2D eigenvalue weighted by Crippen LogP contribution is 2.18. The summed E-state index contributed by atoms with van der Waals surface area (Å²) in [7, 11) is 0. The van der Waals surface area contributed by atoms with Gasteiger partial charge in [0.2, 0.25) is 0 Å². The number of pyridine rings is 2. The second-order valence-electron chi connectivity index (χ2n) is 5.69. The maximum absolute atomic E-state index is 6.29. The molecule has 0 aliphatic rings. The van der Waals surface area contributed by atoms with Gasteiger partial charge in [-0.2, -0.15) is 0 Å². The third-order valence-electron chi connectivity index (χ3n) is 3.87. The highest BCUT2D eigenvalue weighted by Gasteiger charge is 2.02. The van der Waals surface area contributed by atoms with Crippen molar-refractivity contribution in [3.05, 3.63) is 94.5 Å². The fourth-order valence-electron chi connectivity index (χ4n) is 2.68. The first kappa shape index (κ1) is 15.7. The molecule has 2 aromatic heterocycles. The number of nitrogens with zero attached hydrogens (tertiary/aromatic N) is 2. The van der Waals surface area contributed by atoms with Crippen LogP contribution in [0.2, 0.25) is 5.02 Å². The summed E-state index contributed by atoms with van der Waals surface area (Å²) in [5, 5.41) is 0.815. The minimum absolute atomic E-state index is 0.815. The highest BCUT2D eigenvalue weighted by atomic mass is 35.5. The van der Waals surface area contributed by atoms with E-state index in [-0.39, 0.29) is 0 Å². The molecular formula is C20H19ClN2. The molecule has 0 aliphatic carbocycles. The lowest BCUT2D eigenvalue weighted by Gasteiger charge is -2.07. The fourth-order valence-corrected chi connectivity index (χ4v) is 2.96. The van der Waals surface area contributed by atoms with E-state index in [0.29, 0.717) is 0 Å². The van der Waals surface area contributed by atoms with Gasteiger partial charge in [0.15, 0.2) is 0 Å². The molecular weight excluding hydrogens is 304 g/mol. The molecule has 0 unspecified atom stereocenters. The van der Waals surface area contributed by atoms with Crippen LogP contribution in [0.15, 0.2) is 67.3 Å². The van der Waals surface area contributed by atoms with E-state index < -0.39 is 0 Å². The number of hydrogen-bond acceptors (Lipinski definition) is 2. The Hall–Kier alpha value is -2.19. The first-order chi connectivity index (χ1) is 11.3. The van der Waals surface area contributed by atoms with Crippen LogP contribution < -0.4 is 0 Å². The average Bonchev–Trinajstić information content (AvgIpc) is 2.60. The molecule has 0 radical (unpaired) electrons. The van der Waals surface area contributed by atoms with Crippen molar-refractivity contribution in [2.24, 2.45) is 0 Å². The lowest BCUT2D eigenvalue weighted by molar-refractivity contribution is 0.922. The van der Waals surface area contributed by atoms with Gasteiger partial charge < -0.3 is 0 Å². The molecule has 0 amide bonds. The zero-order chi connectivity index (χ0) is 15.9. The summed E-state index contributed by atoms with van der Waals surface area (Å²) in [6, 6.07) is 14.6. The molecule has 2 heterocycles. The van der Waals surface area contributed by atoms with Crippen molar-refractivity contribution in [2.75, 3.05) is 0 Å². The zero-order valence-electron chi connectivity index (χ0n) is 13.0. The molecule has 3 aromatic rings. The van der Waals surface area contributed by atoms with E-state index in [1.165, 1.54) is 22.3 Å². The Morgan fingerprint density at radius 1 is 0.652 bits per heavy atom. The van der Waals surface area contributed by atoms with Crippen LogP contribution in [0.25, 0.3) is 0 Å². The van der Waals surface area contributed by atoms with Gasteiger partial charge in [-0.1, -0.05) is 29.8 Å². The van der Waals surface area contributed by atoms with Gasteiger partial charge in [0.25, 0.3) is 0 Å². The summed E-state index contributed by atoms with van der Waals surface area (Å²) in [5.41, 5.74) is 5.07. The summed E-state index contributed by atoms with van der Waals surface area (Å²) in [4.78, 5) is 8.33. The number of aromatic nitrogens is 2. The lowest BCUT2D eigenvalue weighted by Crippen LogP contribution is -1.96. The highest BCUT2D eigenvalue weighted by molar-refractivity contribution is 6.30. The Bertz CT molecular complexity index is 680. The smallest absolute Gasteiger partial charge is 0.0411 e. The van der Waals surface area contributed by atoms with Gasteiger partial charge in [-0.15, -0.1) is 0 Å². The molecule has 0 N–H and O–H groups in total. The zero-order valence-corrected chi connectivity index (χ0v) is 13.7. The summed E-state index contributed by atoms with van der Waals surface area (Å²) in [6.07, 6.45) is 11.4. The number of halogens is 1. The first-order valence-corrected chi connectivity index (χ1v) is 8.23. The third kappa shape index (κ3) is 4.90. The predicted molar refractivity (Wildman–Crippen MR) is 94.7 cm³/mol. The van der Waals surface area contributed by atoms with Crippen LogP contribution in [0, 0.1) is 0 Å². The molecule has 0 saturated heterocycles. The van der Waals surface area contributed by atoms with Crippen molar-refractivity contribution in [2.45, 2.75) is 25.7 Å². The van der Waals surface area contributed by atoms with Gasteiger partial charge in [0, 0.05) is 29.8 Å². The Labute approximate surface area is 142 Å². The van der Waals surface area contributed by atoms with Crippen molar-refractivity contribution < 1.29 is 0 Å². The monoisotopic (exact) mass is 322 g/mol. The summed E-state index contributed by atoms with van der Waals surface area (Å²) in [5.74, 6) is 0. The van der Waals surface area contributed by atoms with Crippen molar-refractivity contribution in [3.8, 4) is 0 Å². The number of benzene rings is 1. The second kappa shape index (κ2) is 7.89. The first-order valence-electron chi connectivity index (χ1n) is 7.86. The van der Waals surface area contributed by atoms with Gasteiger partial charge in [-0.05, 0) is 72.2 Å². The van der Waals surface area contributed by atoms with Crippen LogP contribution in [0.1, 0.15) is 22.3 Å². The van der Waals surface area contributed by atoms with E-state index in [4.69, 9.17) is 11.6 Å². The van der Waals surface area contributed by atoms with Crippen molar-refractivity contribution in [3.63, 3.8) is 0 Å². The van der Waals surface area contributed by atoms with E-state index in [2.05, 4.69) is 40.3 Å². The van der Waals surface area contributed by atoms with E-state index in [0.717, 1.165) is 30.7 Å². The van der Waals surface area contributed by atoms with Crippen molar-refractivity contribution in [1.82, 2.24) is 9.97 Å². The van der Waals surface area contributed by atoms with Crippen LogP contribution >= 0.6 is 11.6 Å². The molecule has 23 heavy (non-hydrogen) atoms. The predicted octanol–water partition coefficient (Wildman–Crippen LogP) is 4.70. The van der Waals surface area contributed by atoms with E-state index in [1.807, 2.05) is 24.5 Å². The van der Waals surface area contributed by atoms with Crippen LogP contribution in [0.5, 0.6) is 0 Å². The second-order valence-corrected chi connectivity index (χ2v) is 6.13. The van der Waals surface area contributed by atoms with Crippen LogP contribution in [-0.2, 0) is 25.7 Å². The molecule has 0 saturated carbocycles. The van der Waals surface area contributed by atoms with Crippen LogP contribution in [-0.4, -0.2) is 9.97 Å². The molecule has 0 spiro atoms. The third-order valence-corrected chi connectivity index (χ3v) is 4.09. The molecule has 3 rings (SSSR count). The van der Waals surface area contributed by atoms with E-state index >= 15 is 0 Å². The molecule has 0 bridgehead atoms. The minimum Gasteiger partial charge on any atom is -0.264 e. The molecule has 3 heteroatoms. The Morgan fingerprint density at radius 2 is 1.13 bits per heavy atom. The topological polar surface area (TPSA) is 25.8 Å². The fraction of sp³-hybridized carbons (Fsp3) is 0.200. The molecule has 0 fully saturated rings. The molecule has 2 nitrogen and oxygen atoms in total. The Morgan fingerprint density at radius 3 is 1.57 bits per heavy atom. The Kier molecular flexibility index (Phi) is 5.38. The maximum atomic E-state index is 6.29. The largest absolute Gasteiger partial charge is 0.264 e. The van der Waals surface area contributed by atoms with Gasteiger partial charge in [-0.25, -0.2) is 0 Å². The minimum atomic E-state index is 0.815. The number of rotatable bonds is 6. The summed E-state index contributed by atoms with van der Waals surface area (Å²) < 4.78 is 0.